The van der Waals surface area contributed by atoms with Crippen LogP contribution in [-0.2, 0) is 9.53 Å². The number of hydrogen-bond donors (Lipinski definition) is 2. The summed E-state index contributed by atoms with van der Waals surface area (Å²) >= 11 is 3.39. The summed E-state index contributed by atoms with van der Waals surface area (Å²) in [6, 6.07) is 7.59. The van der Waals surface area contributed by atoms with E-state index in [4.69, 9.17) is 4.74 Å². The van der Waals surface area contributed by atoms with Gasteiger partial charge in [-0.1, -0.05) is 28.9 Å². The Morgan fingerprint density at radius 3 is 2.85 bits per heavy atom. The fraction of sp³-hybridized carbons (Fsp3) is 0.533. The van der Waals surface area contributed by atoms with Crippen molar-refractivity contribution in [1.82, 2.24) is 5.32 Å². The molecule has 1 saturated heterocycles. The molecule has 1 heterocycles. The van der Waals surface area contributed by atoms with Gasteiger partial charge in [-0.25, -0.2) is 0 Å². The second-order valence-electron chi connectivity index (χ2n) is 5.59. The maximum absolute atomic E-state index is 11.9. The first kappa shape index (κ1) is 15.5. The summed E-state index contributed by atoms with van der Waals surface area (Å²) in [5, 5.41) is 6.13. The number of nitrogens with one attached hydrogen (secondary N) is 2. The molecule has 1 aromatic carbocycles. The number of carbonyl (C=O) groups excluding carboxylic acids is 1. The van der Waals surface area contributed by atoms with Crippen LogP contribution in [0.3, 0.4) is 0 Å². The lowest BCUT2D eigenvalue weighted by atomic mass is 9.82. The van der Waals surface area contributed by atoms with E-state index in [2.05, 4.69) is 33.5 Å². The van der Waals surface area contributed by atoms with E-state index in [9.17, 15) is 4.79 Å². The van der Waals surface area contributed by atoms with Crippen LogP contribution in [0, 0.1) is 5.41 Å². The second-order valence-corrected chi connectivity index (χ2v) is 6.50. The van der Waals surface area contributed by atoms with Gasteiger partial charge in [0.1, 0.15) is 0 Å². The summed E-state index contributed by atoms with van der Waals surface area (Å²) < 4.78 is 6.33. The van der Waals surface area contributed by atoms with Crippen molar-refractivity contribution in [3.05, 3.63) is 28.7 Å². The van der Waals surface area contributed by atoms with Crippen LogP contribution in [0.2, 0.25) is 0 Å². The average molecular weight is 341 g/mol. The molecule has 1 fully saturated rings. The Labute approximate surface area is 128 Å². The highest BCUT2D eigenvalue weighted by molar-refractivity contribution is 9.10. The Hall–Kier alpha value is -0.910. The zero-order chi connectivity index (χ0) is 14.4. The summed E-state index contributed by atoms with van der Waals surface area (Å²) in [4.78, 5) is 11.9. The number of ether oxygens (including phenoxy) is 1. The first-order valence-electron chi connectivity index (χ1n) is 6.91. The summed E-state index contributed by atoms with van der Waals surface area (Å²) in [6.07, 6.45) is 2.10. The third-order valence-electron chi connectivity index (χ3n) is 3.65. The van der Waals surface area contributed by atoms with E-state index in [-0.39, 0.29) is 11.3 Å². The molecule has 0 aromatic heterocycles. The average Bonchev–Trinajstić information content (AvgIpc) is 2.39. The Morgan fingerprint density at radius 1 is 1.40 bits per heavy atom. The van der Waals surface area contributed by atoms with Crippen LogP contribution in [0.15, 0.2) is 28.7 Å². The van der Waals surface area contributed by atoms with Crippen molar-refractivity contribution >= 4 is 27.5 Å². The predicted octanol–water partition coefficient (Wildman–Crippen LogP) is 2.79. The highest BCUT2D eigenvalue weighted by Gasteiger charge is 2.26. The van der Waals surface area contributed by atoms with Gasteiger partial charge in [-0.2, -0.15) is 0 Å². The molecule has 1 aliphatic heterocycles. The molecule has 0 unspecified atom stereocenters. The molecule has 0 saturated carbocycles. The summed E-state index contributed by atoms with van der Waals surface area (Å²) in [5.41, 5.74) is 1.05. The Morgan fingerprint density at radius 2 is 2.15 bits per heavy atom. The van der Waals surface area contributed by atoms with Crippen LogP contribution < -0.4 is 10.6 Å². The first-order valence-corrected chi connectivity index (χ1v) is 7.71. The quantitative estimate of drug-likeness (QED) is 0.866. The van der Waals surface area contributed by atoms with Gasteiger partial charge in [0.25, 0.3) is 0 Å². The fourth-order valence-electron chi connectivity index (χ4n) is 2.29. The second kappa shape index (κ2) is 7.20. The molecule has 5 heteroatoms. The van der Waals surface area contributed by atoms with Crippen molar-refractivity contribution in [2.24, 2.45) is 5.41 Å². The lowest BCUT2D eigenvalue weighted by Crippen LogP contribution is -2.39. The van der Waals surface area contributed by atoms with Crippen molar-refractivity contribution in [3.8, 4) is 0 Å². The van der Waals surface area contributed by atoms with Crippen molar-refractivity contribution in [2.45, 2.75) is 19.8 Å². The van der Waals surface area contributed by atoms with Gasteiger partial charge in [0.15, 0.2) is 0 Å². The fourth-order valence-corrected chi connectivity index (χ4v) is 2.69. The summed E-state index contributed by atoms with van der Waals surface area (Å²) in [5.74, 6) is -0.0150. The molecule has 0 aliphatic carbocycles. The molecule has 0 bridgehead atoms. The maximum atomic E-state index is 11.9. The largest absolute Gasteiger partial charge is 0.381 e. The van der Waals surface area contributed by atoms with Gasteiger partial charge >= 0.3 is 0 Å². The monoisotopic (exact) mass is 340 g/mol. The van der Waals surface area contributed by atoms with Crippen LogP contribution >= 0.6 is 15.9 Å². The molecule has 110 valence electrons. The molecule has 0 radical (unpaired) electrons. The number of anilines is 1. The number of amides is 1. The van der Waals surface area contributed by atoms with E-state index >= 15 is 0 Å². The number of benzene rings is 1. The van der Waals surface area contributed by atoms with Gasteiger partial charge < -0.3 is 15.4 Å². The molecule has 2 N–H and O–H groups in total. The lowest BCUT2D eigenvalue weighted by molar-refractivity contribution is -0.115. The van der Waals surface area contributed by atoms with Gasteiger partial charge in [0.2, 0.25) is 5.91 Å². The minimum absolute atomic E-state index is 0.0150. The van der Waals surface area contributed by atoms with E-state index in [1.807, 2.05) is 24.3 Å². The highest BCUT2D eigenvalue weighted by Crippen LogP contribution is 2.28. The molecule has 1 amide bonds. The van der Waals surface area contributed by atoms with E-state index in [0.29, 0.717) is 6.54 Å². The minimum Gasteiger partial charge on any atom is -0.381 e. The molecule has 4 nitrogen and oxygen atoms in total. The van der Waals surface area contributed by atoms with E-state index < -0.39 is 0 Å². The summed E-state index contributed by atoms with van der Waals surface area (Å²) in [7, 11) is 0. The zero-order valence-corrected chi connectivity index (χ0v) is 13.3. The molecular formula is C15H21BrN2O2. The first-order chi connectivity index (χ1) is 9.57. The van der Waals surface area contributed by atoms with Crippen LogP contribution in [0.1, 0.15) is 19.8 Å². The van der Waals surface area contributed by atoms with Crippen molar-refractivity contribution in [3.63, 3.8) is 0 Å². The molecular weight excluding hydrogens is 320 g/mol. The minimum atomic E-state index is -0.0150. The predicted molar refractivity (Wildman–Crippen MR) is 83.8 cm³/mol. The lowest BCUT2D eigenvalue weighted by Gasteiger charge is -2.33. The zero-order valence-electron chi connectivity index (χ0n) is 11.7. The standard InChI is InChI=1S/C15H21BrN2O2/c1-15(5-7-20-8-6-15)11-17-10-14(19)18-13-4-2-3-12(16)9-13/h2-4,9,17H,5-8,10-11H2,1H3,(H,18,19). The topological polar surface area (TPSA) is 50.4 Å². The SMILES string of the molecule is CC1(CNCC(=O)Nc2cccc(Br)c2)CCOCC1. The maximum Gasteiger partial charge on any atom is 0.238 e. The Kier molecular flexibility index (Phi) is 5.57. The third-order valence-corrected chi connectivity index (χ3v) is 4.14. The van der Waals surface area contributed by atoms with Gasteiger partial charge in [-0.05, 0) is 36.5 Å². The van der Waals surface area contributed by atoms with Gasteiger partial charge in [-0.3, -0.25) is 4.79 Å². The number of rotatable bonds is 5. The van der Waals surface area contributed by atoms with Gasteiger partial charge in [0, 0.05) is 29.9 Å². The third kappa shape index (κ3) is 4.89. The molecule has 0 spiro atoms. The smallest absolute Gasteiger partial charge is 0.238 e. The Bertz CT molecular complexity index is 459. The van der Waals surface area contributed by atoms with Crippen molar-refractivity contribution < 1.29 is 9.53 Å². The highest BCUT2D eigenvalue weighted by atomic mass is 79.9. The van der Waals surface area contributed by atoms with Gasteiger partial charge in [-0.15, -0.1) is 0 Å². The molecule has 20 heavy (non-hydrogen) atoms. The van der Waals surface area contributed by atoms with Crippen LogP contribution in [0.25, 0.3) is 0 Å². The van der Waals surface area contributed by atoms with E-state index in [1.54, 1.807) is 0 Å². The van der Waals surface area contributed by atoms with Gasteiger partial charge in [0.05, 0.1) is 6.54 Å². The van der Waals surface area contributed by atoms with E-state index in [0.717, 1.165) is 42.8 Å². The normalized spacial score (nSPS) is 17.7. The van der Waals surface area contributed by atoms with Crippen LogP contribution in [-0.4, -0.2) is 32.2 Å². The summed E-state index contributed by atoms with van der Waals surface area (Å²) in [6.45, 7) is 5.07. The number of hydrogen-bond acceptors (Lipinski definition) is 3. The molecule has 1 aromatic rings. The molecule has 1 aliphatic rings. The number of carbonyl (C=O) groups is 1. The molecule has 0 atom stereocenters. The number of halogens is 1. The van der Waals surface area contributed by atoms with Crippen LogP contribution in [0.4, 0.5) is 5.69 Å². The Balaban J connectivity index is 1.72. The van der Waals surface area contributed by atoms with Crippen LogP contribution in [0.5, 0.6) is 0 Å². The van der Waals surface area contributed by atoms with Crippen molar-refractivity contribution in [1.29, 1.82) is 0 Å². The van der Waals surface area contributed by atoms with E-state index in [1.165, 1.54) is 0 Å². The molecule has 2 rings (SSSR count). The van der Waals surface area contributed by atoms with Crippen molar-refractivity contribution in [2.75, 3.05) is 31.6 Å².